The lowest BCUT2D eigenvalue weighted by atomic mass is 10.0. The van der Waals surface area contributed by atoms with E-state index < -0.39 is 5.97 Å². The van der Waals surface area contributed by atoms with Gasteiger partial charge in [0.15, 0.2) is 6.29 Å². The van der Waals surface area contributed by atoms with Gasteiger partial charge < -0.3 is 4.74 Å². The van der Waals surface area contributed by atoms with Gasteiger partial charge in [0.1, 0.15) is 5.57 Å². The van der Waals surface area contributed by atoms with E-state index in [1.807, 2.05) is 0 Å². The first-order valence-corrected chi connectivity index (χ1v) is 6.70. The second kappa shape index (κ2) is 7.49. The fraction of sp³-hybridized carbons (Fsp3) is 0.667. The van der Waals surface area contributed by atoms with Crippen LogP contribution >= 0.6 is 11.8 Å². The van der Waals surface area contributed by atoms with Crippen LogP contribution in [0.2, 0.25) is 0 Å². The maximum Gasteiger partial charge on any atom is 0.341 e. The van der Waals surface area contributed by atoms with Crippen molar-refractivity contribution in [3.05, 3.63) is 11.0 Å². The summed E-state index contributed by atoms with van der Waals surface area (Å²) in [5.41, 5.74) is 0.137. The van der Waals surface area contributed by atoms with Crippen molar-refractivity contribution in [2.75, 3.05) is 6.61 Å². The summed E-state index contributed by atoms with van der Waals surface area (Å²) in [6.07, 6.45) is 6.74. The molecule has 0 spiro atoms. The molecule has 1 saturated carbocycles. The molecule has 0 amide bonds. The Balaban J connectivity index is 2.44. The van der Waals surface area contributed by atoms with Crippen LogP contribution in [0, 0.1) is 0 Å². The van der Waals surface area contributed by atoms with Crippen LogP contribution in [0.4, 0.5) is 0 Å². The number of esters is 1. The van der Waals surface area contributed by atoms with Crippen LogP contribution in [0.3, 0.4) is 0 Å². The summed E-state index contributed by atoms with van der Waals surface area (Å²) in [6.45, 7) is 2.03. The minimum Gasteiger partial charge on any atom is -0.462 e. The topological polar surface area (TPSA) is 43.4 Å². The van der Waals surface area contributed by atoms with Gasteiger partial charge in [-0.3, -0.25) is 4.79 Å². The van der Waals surface area contributed by atoms with E-state index in [1.54, 1.807) is 24.1 Å². The van der Waals surface area contributed by atoms with Crippen LogP contribution < -0.4 is 0 Å². The summed E-state index contributed by atoms with van der Waals surface area (Å²) in [4.78, 5) is 22.0. The predicted octanol–water partition coefficient (Wildman–Crippen LogP) is 2.70. The molecule has 0 aromatic rings. The number of thioether (sulfide) groups is 1. The largest absolute Gasteiger partial charge is 0.462 e. The molecule has 0 aliphatic heterocycles. The molecule has 0 unspecified atom stereocenters. The molecule has 0 bridgehead atoms. The Morgan fingerprint density at radius 2 is 2.06 bits per heavy atom. The molecule has 0 radical (unpaired) electrons. The van der Waals surface area contributed by atoms with Crippen LogP contribution in [-0.4, -0.2) is 24.1 Å². The fourth-order valence-electron chi connectivity index (χ4n) is 1.71. The molecule has 3 nitrogen and oxygen atoms in total. The van der Waals surface area contributed by atoms with Crippen molar-refractivity contribution in [2.45, 2.75) is 44.3 Å². The first kappa shape index (κ1) is 13.3. The van der Waals surface area contributed by atoms with Crippen LogP contribution in [0.1, 0.15) is 39.0 Å². The van der Waals surface area contributed by atoms with Crippen molar-refractivity contribution in [1.82, 2.24) is 0 Å². The Labute approximate surface area is 101 Å². The van der Waals surface area contributed by atoms with Crippen LogP contribution in [-0.2, 0) is 14.3 Å². The molecule has 0 heterocycles. The number of rotatable bonds is 5. The second-order valence-corrected chi connectivity index (χ2v) is 4.98. The number of aldehydes is 1. The highest BCUT2D eigenvalue weighted by Crippen LogP contribution is 2.29. The summed E-state index contributed by atoms with van der Waals surface area (Å²) >= 11 is 1.59. The van der Waals surface area contributed by atoms with Gasteiger partial charge in [-0.2, -0.15) is 0 Å². The fourth-order valence-corrected chi connectivity index (χ4v) is 2.81. The molecule has 0 saturated heterocycles. The number of hydrogen-bond donors (Lipinski definition) is 0. The molecule has 0 N–H and O–H groups in total. The molecule has 4 heteroatoms. The summed E-state index contributed by atoms with van der Waals surface area (Å²) in [6, 6.07) is 0. The van der Waals surface area contributed by atoms with E-state index in [-0.39, 0.29) is 5.57 Å². The Hall–Kier alpha value is -0.770. The molecule has 1 aliphatic rings. The number of hydrogen-bond acceptors (Lipinski definition) is 4. The van der Waals surface area contributed by atoms with E-state index in [0.29, 0.717) is 18.1 Å². The predicted molar refractivity (Wildman–Crippen MR) is 65.2 cm³/mol. The van der Waals surface area contributed by atoms with Crippen molar-refractivity contribution in [3.63, 3.8) is 0 Å². The van der Waals surface area contributed by atoms with Crippen molar-refractivity contribution in [1.29, 1.82) is 0 Å². The molecule has 0 aromatic heterocycles. The molecular formula is C12H18O3S. The van der Waals surface area contributed by atoms with Gasteiger partial charge in [0.2, 0.25) is 0 Å². The summed E-state index contributed by atoms with van der Waals surface area (Å²) < 4.78 is 4.78. The Morgan fingerprint density at radius 1 is 1.38 bits per heavy atom. The van der Waals surface area contributed by atoms with E-state index in [4.69, 9.17) is 4.74 Å². The van der Waals surface area contributed by atoms with Gasteiger partial charge in [-0.25, -0.2) is 4.79 Å². The summed E-state index contributed by atoms with van der Waals surface area (Å²) in [7, 11) is 0. The minimum absolute atomic E-state index is 0.137. The summed E-state index contributed by atoms with van der Waals surface area (Å²) in [5, 5.41) is 2.21. The third-order valence-electron chi connectivity index (χ3n) is 2.58. The quantitative estimate of drug-likeness (QED) is 0.244. The molecule has 0 aromatic carbocycles. The number of carbonyl (C=O) groups excluding carboxylic acids is 2. The first-order chi connectivity index (χ1) is 7.77. The summed E-state index contributed by atoms with van der Waals surface area (Å²) in [5.74, 6) is -0.513. The standard InChI is InChI=1S/C12H18O3S/c1-2-15-12(14)10(8-13)9-16-11-6-4-3-5-7-11/h8-9,11H,2-7H2,1H3/b10-9-. The SMILES string of the molecule is CCOC(=O)/C(C=O)=C\SC1CCCCC1. The van der Waals surface area contributed by atoms with Crippen LogP contribution in [0.15, 0.2) is 11.0 Å². The van der Waals surface area contributed by atoms with E-state index in [1.165, 1.54) is 32.1 Å². The van der Waals surface area contributed by atoms with Gasteiger partial charge >= 0.3 is 5.97 Å². The van der Waals surface area contributed by atoms with Gasteiger partial charge in [-0.1, -0.05) is 19.3 Å². The Bertz CT molecular complexity index is 267. The van der Waals surface area contributed by atoms with Crippen LogP contribution in [0.5, 0.6) is 0 Å². The van der Waals surface area contributed by atoms with Crippen molar-refractivity contribution < 1.29 is 14.3 Å². The van der Waals surface area contributed by atoms with E-state index in [2.05, 4.69) is 0 Å². The maximum absolute atomic E-state index is 11.3. The molecule has 0 atom stereocenters. The minimum atomic E-state index is -0.513. The maximum atomic E-state index is 11.3. The monoisotopic (exact) mass is 242 g/mol. The third kappa shape index (κ3) is 4.39. The first-order valence-electron chi connectivity index (χ1n) is 5.75. The van der Waals surface area contributed by atoms with Gasteiger partial charge in [0.05, 0.1) is 6.61 Å². The average Bonchev–Trinajstić information content (AvgIpc) is 2.31. The molecular weight excluding hydrogens is 224 g/mol. The highest BCUT2D eigenvalue weighted by Gasteiger charge is 2.15. The van der Waals surface area contributed by atoms with Crippen molar-refractivity contribution in [3.8, 4) is 0 Å². The van der Waals surface area contributed by atoms with Crippen molar-refractivity contribution in [2.24, 2.45) is 0 Å². The normalized spacial score (nSPS) is 18.2. The second-order valence-electron chi connectivity index (χ2n) is 3.81. The van der Waals surface area contributed by atoms with E-state index in [0.717, 1.165) is 0 Å². The Kier molecular flexibility index (Phi) is 6.23. The van der Waals surface area contributed by atoms with Crippen LogP contribution in [0.25, 0.3) is 0 Å². The lowest BCUT2D eigenvalue weighted by Crippen LogP contribution is -2.10. The van der Waals surface area contributed by atoms with Crippen molar-refractivity contribution >= 4 is 24.0 Å². The lowest BCUT2D eigenvalue weighted by molar-refractivity contribution is -0.139. The van der Waals surface area contributed by atoms with E-state index >= 15 is 0 Å². The molecule has 90 valence electrons. The third-order valence-corrected chi connectivity index (χ3v) is 3.82. The Morgan fingerprint density at radius 3 is 2.62 bits per heavy atom. The smallest absolute Gasteiger partial charge is 0.341 e. The zero-order valence-electron chi connectivity index (χ0n) is 9.61. The molecule has 16 heavy (non-hydrogen) atoms. The lowest BCUT2D eigenvalue weighted by Gasteiger charge is -2.19. The van der Waals surface area contributed by atoms with Gasteiger partial charge in [0.25, 0.3) is 0 Å². The average molecular weight is 242 g/mol. The van der Waals surface area contributed by atoms with Gasteiger partial charge in [-0.15, -0.1) is 11.8 Å². The zero-order chi connectivity index (χ0) is 11.8. The molecule has 1 aliphatic carbocycles. The zero-order valence-corrected chi connectivity index (χ0v) is 10.4. The van der Waals surface area contributed by atoms with Gasteiger partial charge in [0, 0.05) is 5.25 Å². The highest BCUT2D eigenvalue weighted by molar-refractivity contribution is 8.02. The van der Waals surface area contributed by atoms with Gasteiger partial charge in [-0.05, 0) is 25.2 Å². The van der Waals surface area contributed by atoms with E-state index in [9.17, 15) is 9.59 Å². The molecule has 1 fully saturated rings. The number of ether oxygens (including phenoxy) is 1. The highest BCUT2D eigenvalue weighted by atomic mass is 32.2. The number of carbonyl (C=O) groups is 2. The molecule has 1 rings (SSSR count).